The van der Waals surface area contributed by atoms with Gasteiger partial charge in [-0.15, -0.1) is 0 Å². The summed E-state index contributed by atoms with van der Waals surface area (Å²) in [5.74, 6) is 0.765. The van der Waals surface area contributed by atoms with Crippen molar-refractivity contribution in [3.05, 3.63) is 142 Å². The first-order valence-corrected chi connectivity index (χ1v) is 15.5. The number of nitrogens with zero attached hydrogens (tertiary/aromatic N) is 3. The van der Waals surface area contributed by atoms with Crippen LogP contribution in [0.5, 0.6) is 5.75 Å². The molecule has 0 radical (unpaired) electrons. The fraction of sp³-hybridized carbons (Fsp3) is 0.314. The molecule has 0 aliphatic carbocycles. The van der Waals surface area contributed by atoms with Crippen LogP contribution < -0.4 is 4.74 Å². The van der Waals surface area contributed by atoms with Crippen LogP contribution in [0, 0.1) is 6.92 Å². The van der Waals surface area contributed by atoms with Crippen LogP contribution in [0.2, 0.25) is 0 Å². The molecular formula is C35H37N3O5S. The van der Waals surface area contributed by atoms with Gasteiger partial charge in [0, 0.05) is 9.81 Å². The highest BCUT2D eigenvalue weighted by atomic mass is 32.2. The van der Waals surface area contributed by atoms with Gasteiger partial charge in [-0.3, -0.25) is 0 Å². The Labute approximate surface area is 262 Å². The zero-order valence-electron chi connectivity index (χ0n) is 24.9. The van der Waals surface area contributed by atoms with E-state index in [4.69, 9.17) is 23.7 Å². The topological polar surface area (TPSA) is 94.9 Å². The van der Waals surface area contributed by atoms with E-state index in [0.29, 0.717) is 13.2 Å². The van der Waals surface area contributed by atoms with Crippen molar-refractivity contribution in [2.75, 3.05) is 13.7 Å². The van der Waals surface area contributed by atoms with Gasteiger partial charge in [-0.2, -0.15) is 0 Å². The first kappa shape index (κ1) is 31.6. The van der Waals surface area contributed by atoms with Crippen LogP contribution in [0.25, 0.3) is 10.4 Å². The molecule has 8 nitrogen and oxygen atoms in total. The Hall–Kier alpha value is -3.82. The quantitative estimate of drug-likeness (QED) is 0.0818. The second kappa shape index (κ2) is 16.3. The van der Waals surface area contributed by atoms with E-state index in [1.807, 2.05) is 104 Å². The number of hydrogen-bond donors (Lipinski definition) is 0. The molecule has 0 spiro atoms. The summed E-state index contributed by atoms with van der Waals surface area (Å²) in [4.78, 5) is 4.22. The van der Waals surface area contributed by atoms with Crippen LogP contribution >= 0.6 is 11.8 Å². The highest BCUT2D eigenvalue weighted by Gasteiger charge is 2.47. The van der Waals surface area contributed by atoms with Gasteiger partial charge in [0.2, 0.25) is 0 Å². The van der Waals surface area contributed by atoms with Gasteiger partial charge in [0.1, 0.15) is 29.4 Å². The zero-order chi connectivity index (χ0) is 30.6. The third-order valence-corrected chi connectivity index (χ3v) is 8.52. The average molecular weight is 612 g/mol. The Bertz CT molecular complexity index is 1470. The lowest BCUT2D eigenvalue weighted by Crippen LogP contribution is -2.58. The smallest absolute Gasteiger partial charge is 0.119 e. The van der Waals surface area contributed by atoms with Gasteiger partial charge in [-0.1, -0.05) is 107 Å². The lowest BCUT2D eigenvalue weighted by molar-refractivity contribution is -0.211. The molecule has 1 saturated heterocycles. The summed E-state index contributed by atoms with van der Waals surface area (Å²) in [6, 6.07) is 35.2. The maximum atomic E-state index is 9.69. The summed E-state index contributed by atoms with van der Waals surface area (Å²) >= 11 is 1.51. The Kier molecular flexibility index (Phi) is 11.7. The highest BCUT2D eigenvalue weighted by molar-refractivity contribution is 7.99. The Morgan fingerprint density at radius 1 is 0.750 bits per heavy atom. The fourth-order valence-electron chi connectivity index (χ4n) is 5.00. The molecule has 0 N–H and O–H groups in total. The van der Waals surface area contributed by atoms with E-state index in [1.54, 1.807) is 7.11 Å². The molecule has 9 heteroatoms. The van der Waals surface area contributed by atoms with Gasteiger partial charge in [-0.05, 0) is 53.4 Å². The van der Waals surface area contributed by atoms with Crippen LogP contribution in [-0.2, 0) is 38.8 Å². The summed E-state index contributed by atoms with van der Waals surface area (Å²) in [5.41, 5.74) is 13.4. The molecule has 0 aromatic heterocycles. The van der Waals surface area contributed by atoms with Crippen LogP contribution in [0.1, 0.15) is 22.3 Å². The van der Waals surface area contributed by atoms with Crippen molar-refractivity contribution in [3.8, 4) is 5.75 Å². The molecule has 1 fully saturated rings. The predicted molar refractivity (Wildman–Crippen MR) is 171 cm³/mol. The molecule has 0 amide bonds. The summed E-state index contributed by atoms with van der Waals surface area (Å²) in [6.45, 7) is 3.37. The van der Waals surface area contributed by atoms with E-state index in [-0.39, 0.29) is 13.2 Å². The molecule has 4 aromatic rings. The lowest BCUT2D eigenvalue weighted by Gasteiger charge is -2.44. The first-order chi connectivity index (χ1) is 21.6. The maximum absolute atomic E-state index is 9.69. The average Bonchev–Trinajstić information content (AvgIpc) is 3.06. The molecule has 44 heavy (non-hydrogen) atoms. The number of thioether (sulfide) groups is 1. The number of benzene rings is 4. The van der Waals surface area contributed by atoms with Crippen LogP contribution in [0.15, 0.2) is 119 Å². The molecule has 0 saturated carbocycles. The molecule has 228 valence electrons. The SMILES string of the molecule is COc1ccc(CO[C@H]2[C@H](OCc3ccccc3)[C@@H](COCc3ccccc3)OC(Sc3ccc(C)cc3)[C@@H]2N=[N+]=[N-])cc1. The second-order valence-corrected chi connectivity index (χ2v) is 11.7. The molecule has 1 unspecified atom stereocenters. The van der Waals surface area contributed by atoms with Crippen LogP contribution in [0.3, 0.4) is 0 Å². The number of hydrogen-bond acceptors (Lipinski definition) is 7. The summed E-state index contributed by atoms with van der Waals surface area (Å²) < 4.78 is 31.4. The number of ether oxygens (including phenoxy) is 5. The van der Waals surface area contributed by atoms with E-state index < -0.39 is 29.8 Å². The normalized spacial score (nSPS) is 21.4. The maximum Gasteiger partial charge on any atom is 0.119 e. The van der Waals surface area contributed by atoms with E-state index in [1.165, 1.54) is 11.8 Å². The van der Waals surface area contributed by atoms with Crippen molar-refractivity contribution in [1.82, 2.24) is 0 Å². The van der Waals surface area contributed by atoms with E-state index >= 15 is 0 Å². The van der Waals surface area contributed by atoms with Crippen molar-refractivity contribution in [1.29, 1.82) is 0 Å². The summed E-state index contributed by atoms with van der Waals surface area (Å²) in [7, 11) is 1.64. The molecular weight excluding hydrogens is 574 g/mol. The number of methoxy groups -OCH3 is 1. The Morgan fingerprint density at radius 2 is 1.34 bits per heavy atom. The van der Waals surface area contributed by atoms with E-state index in [9.17, 15) is 5.53 Å². The first-order valence-electron chi connectivity index (χ1n) is 14.6. The van der Waals surface area contributed by atoms with Gasteiger partial charge < -0.3 is 23.7 Å². The minimum absolute atomic E-state index is 0.269. The molecule has 0 bridgehead atoms. The van der Waals surface area contributed by atoms with Gasteiger partial charge in [0.25, 0.3) is 0 Å². The largest absolute Gasteiger partial charge is 0.497 e. The lowest BCUT2D eigenvalue weighted by atomic mass is 9.97. The minimum atomic E-state index is -0.671. The third-order valence-electron chi connectivity index (χ3n) is 7.35. The van der Waals surface area contributed by atoms with Crippen LogP contribution in [-0.4, -0.2) is 43.5 Å². The van der Waals surface area contributed by atoms with E-state index in [0.717, 1.165) is 32.9 Å². The number of rotatable bonds is 14. The molecule has 5 atom stereocenters. The van der Waals surface area contributed by atoms with Crippen molar-refractivity contribution < 1.29 is 23.7 Å². The molecule has 4 aromatic carbocycles. The van der Waals surface area contributed by atoms with Crippen molar-refractivity contribution in [2.45, 2.75) is 61.4 Å². The monoisotopic (exact) mass is 611 g/mol. The molecule has 1 aliphatic rings. The molecule has 1 heterocycles. The number of aryl methyl sites for hydroxylation is 1. The zero-order valence-corrected chi connectivity index (χ0v) is 25.7. The second-order valence-electron chi connectivity index (χ2n) is 10.6. The van der Waals surface area contributed by atoms with Crippen molar-refractivity contribution in [3.63, 3.8) is 0 Å². The predicted octanol–water partition coefficient (Wildman–Crippen LogP) is 7.89. The van der Waals surface area contributed by atoms with Gasteiger partial charge in [-0.25, -0.2) is 0 Å². The van der Waals surface area contributed by atoms with Crippen molar-refractivity contribution >= 4 is 11.8 Å². The summed E-state index contributed by atoms with van der Waals surface area (Å²) in [6.07, 6.45) is -1.68. The van der Waals surface area contributed by atoms with Gasteiger partial charge >= 0.3 is 0 Å². The van der Waals surface area contributed by atoms with Gasteiger partial charge in [0.15, 0.2) is 0 Å². The fourth-order valence-corrected chi connectivity index (χ4v) is 6.11. The summed E-state index contributed by atoms with van der Waals surface area (Å²) in [5, 5.41) is 4.24. The Morgan fingerprint density at radius 3 is 1.95 bits per heavy atom. The molecule has 5 rings (SSSR count). The standard InChI is InChI=1S/C35H37N3O5S/c1-25-13-19-30(20-14-25)44-35-32(37-38-36)34(42-23-28-15-17-29(39-2)18-16-28)33(41-22-27-11-7-4-8-12-27)31(43-35)24-40-21-26-9-5-3-6-10-26/h3-20,31-35H,21-24H2,1-2H3/t31-,32-,33-,34-,35?/m1/s1. The number of azide groups is 1. The Balaban J connectivity index is 1.43. The molecule has 1 aliphatic heterocycles. The van der Waals surface area contributed by atoms with E-state index in [2.05, 4.69) is 22.2 Å². The van der Waals surface area contributed by atoms with Crippen molar-refractivity contribution in [2.24, 2.45) is 5.11 Å². The highest BCUT2D eigenvalue weighted by Crippen LogP contribution is 2.38. The van der Waals surface area contributed by atoms with Crippen LogP contribution in [0.4, 0.5) is 0 Å². The third kappa shape index (κ3) is 8.86. The minimum Gasteiger partial charge on any atom is -0.497 e. The van der Waals surface area contributed by atoms with Gasteiger partial charge in [0.05, 0.1) is 39.6 Å².